The lowest BCUT2D eigenvalue weighted by molar-refractivity contribution is -0.135. The van der Waals surface area contributed by atoms with E-state index in [9.17, 15) is 9.59 Å². The molecule has 2 aliphatic rings. The molecule has 0 unspecified atom stereocenters. The highest BCUT2D eigenvalue weighted by Gasteiger charge is 2.29. The van der Waals surface area contributed by atoms with Crippen LogP contribution < -0.4 is 11.1 Å². The van der Waals surface area contributed by atoms with Gasteiger partial charge < -0.3 is 16.0 Å². The first-order valence-electron chi connectivity index (χ1n) is 9.99. The summed E-state index contributed by atoms with van der Waals surface area (Å²) >= 11 is 0. The number of rotatable bonds is 5. The number of aryl methyl sites for hydroxylation is 1. The van der Waals surface area contributed by atoms with Crippen LogP contribution in [0.2, 0.25) is 0 Å². The maximum absolute atomic E-state index is 12.5. The monoisotopic (exact) mass is 357 g/mol. The van der Waals surface area contributed by atoms with E-state index in [0.717, 1.165) is 44.9 Å². The molecule has 0 spiro atoms. The molecule has 1 aromatic carbocycles. The van der Waals surface area contributed by atoms with Gasteiger partial charge in [0.2, 0.25) is 11.8 Å². The number of nitrogens with one attached hydrogen (secondary N) is 1. The third-order valence-electron chi connectivity index (χ3n) is 5.81. The van der Waals surface area contributed by atoms with Gasteiger partial charge in [0.1, 0.15) is 0 Å². The number of benzene rings is 1. The molecule has 2 amide bonds. The van der Waals surface area contributed by atoms with E-state index in [-0.39, 0.29) is 23.8 Å². The first-order valence-corrected chi connectivity index (χ1v) is 9.99. The highest BCUT2D eigenvalue weighted by atomic mass is 16.2. The van der Waals surface area contributed by atoms with E-state index < -0.39 is 0 Å². The fourth-order valence-electron chi connectivity index (χ4n) is 4.03. The molecule has 0 atom stereocenters. The number of carbonyl (C=O) groups excluding carboxylic acids is 2. The number of nitrogens with two attached hydrogens (primary N) is 1. The summed E-state index contributed by atoms with van der Waals surface area (Å²) in [5.41, 5.74) is 7.12. The van der Waals surface area contributed by atoms with Crippen LogP contribution in [0.15, 0.2) is 30.3 Å². The molecule has 0 aromatic heterocycles. The molecule has 3 N–H and O–H groups in total. The second kappa shape index (κ2) is 9.17. The fraction of sp³-hybridized carbons (Fsp3) is 0.619. The van der Waals surface area contributed by atoms with Crippen LogP contribution >= 0.6 is 0 Å². The minimum absolute atomic E-state index is 0.0452. The summed E-state index contributed by atoms with van der Waals surface area (Å²) in [7, 11) is 0. The van der Waals surface area contributed by atoms with Crippen molar-refractivity contribution in [3.63, 3.8) is 0 Å². The van der Waals surface area contributed by atoms with E-state index in [2.05, 4.69) is 17.4 Å². The topological polar surface area (TPSA) is 75.4 Å². The van der Waals surface area contributed by atoms with Crippen LogP contribution in [0.4, 0.5) is 0 Å². The van der Waals surface area contributed by atoms with Crippen LogP contribution in [0.5, 0.6) is 0 Å². The molecule has 2 fully saturated rings. The molecule has 1 saturated heterocycles. The van der Waals surface area contributed by atoms with Crippen molar-refractivity contribution in [2.75, 3.05) is 13.1 Å². The van der Waals surface area contributed by atoms with Crippen LogP contribution in [0, 0.1) is 5.92 Å². The van der Waals surface area contributed by atoms with Crippen molar-refractivity contribution >= 4 is 11.8 Å². The van der Waals surface area contributed by atoms with Gasteiger partial charge >= 0.3 is 0 Å². The average molecular weight is 357 g/mol. The van der Waals surface area contributed by atoms with E-state index in [0.29, 0.717) is 25.6 Å². The SMILES string of the molecule is NC1CCC(NC(=O)C2CCN(C(=O)CCc3ccccc3)CC2)CC1. The predicted octanol–water partition coefficient (Wildman–Crippen LogP) is 2.24. The Labute approximate surface area is 156 Å². The number of hydrogen-bond acceptors (Lipinski definition) is 3. The zero-order valence-corrected chi connectivity index (χ0v) is 15.5. The molecule has 1 saturated carbocycles. The maximum atomic E-state index is 12.5. The number of nitrogens with zero attached hydrogens (tertiary/aromatic N) is 1. The van der Waals surface area contributed by atoms with Gasteiger partial charge in [-0.1, -0.05) is 30.3 Å². The van der Waals surface area contributed by atoms with E-state index in [1.54, 1.807) is 0 Å². The standard InChI is InChI=1S/C21H31N3O2/c22-18-7-9-19(10-8-18)23-21(26)17-12-14-24(15-13-17)20(25)11-6-16-4-2-1-3-5-16/h1-5,17-19H,6-15,22H2,(H,23,26). The maximum Gasteiger partial charge on any atom is 0.223 e. The van der Waals surface area contributed by atoms with Gasteiger partial charge in [0.25, 0.3) is 0 Å². The number of likely N-dealkylation sites (tertiary alicyclic amines) is 1. The van der Waals surface area contributed by atoms with Crippen LogP contribution in [0.1, 0.15) is 50.5 Å². The van der Waals surface area contributed by atoms with Crippen LogP contribution in [0.3, 0.4) is 0 Å². The third-order valence-corrected chi connectivity index (χ3v) is 5.81. The Balaban J connectivity index is 1.38. The Morgan fingerprint density at radius 2 is 1.65 bits per heavy atom. The molecular weight excluding hydrogens is 326 g/mol. The molecule has 5 heteroatoms. The predicted molar refractivity (Wildman–Crippen MR) is 102 cm³/mol. The molecule has 0 radical (unpaired) electrons. The van der Waals surface area contributed by atoms with E-state index in [4.69, 9.17) is 5.73 Å². The number of amides is 2. The van der Waals surface area contributed by atoms with E-state index >= 15 is 0 Å². The largest absolute Gasteiger partial charge is 0.353 e. The van der Waals surface area contributed by atoms with Crippen molar-refractivity contribution in [2.45, 2.75) is 63.5 Å². The summed E-state index contributed by atoms with van der Waals surface area (Å²) in [5.74, 6) is 0.416. The van der Waals surface area contributed by atoms with E-state index in [1.165, 1.54) is 5.56 Å². The Bertz CT molecular complexity index is 589. The first kappa shape index (κ1) is 18.9. The summed E-state index contributed by atoms with van der Waals surface area (Å²) < 4.78 is 0. The van der Waals surface area contributed by atoms with Gasteiger partial charge in [-0.15, -0.1) is 0 Å². The summed E-state index contributed by atoms with van der Waals surface area (Å²) in [6.45, 7) is 1.39. The zero-order valence-electron chi connectivity index (χ0n) is 15.5. The van der Waals surface area contributed by atoms with Crippen molar-refractivity contribution in [1.82, 2.24) is 10.2 Å². The first-order chi connectivity index (χ1) is 12.6. The second-order valence-corrected chi connectivity index (χ2v) is 7.76. The Kier molecular flexibility index (Phi) is 6.67. The molecule has 3 rings (SSSR count). The molecule has 1 aliphatic carbocycles. The molecule has 1 aromatic rings. The second-order valence-electron chi connectivity index (χ2n) is 7.76. The third kappa shape index (κ3) is 5.31. The van der Waals surface area contributed by atoms with Crippen molar-refractivity contribution in [2.24, 2.45) is 11.7 Å². The van der Waals surface area contributed by atoms with Gasteiger partial charge in [-0.25, -0.2) is 0 Å². The van der Waals surface area contributed by atoms with Crippen molar-refractivity contribution in [3.8, 4) is 0 Å². The molecule has 1 aliphatic heterocycles. The normalized spacial score (nSPS) is 24.3. The summed E-state index contributed by atoms with van der Waals surface area (Å²) in [4.78, 5) is 26.8. The smallest absolute Gasteiger partial charge is 0.223 e. The Morgan fingerprint density at radius 1 is 1.00 bits per heavy atom. The minimum atomic E-state index is 0.0452. The van der Waals surface area contributed by atoms with Gasteiger partial charge in [0.05, 0.1) is 0 Å². The van der Waals surface area contributed by atoms with Gasteiger partial charge in [-0.05, 0) is 50.5 Å². The summed E-state index contributed by atoms with van der Waals surface area (Å²) in [5, 5.41) is 3.20. The fourth-order valence-corrected chi connectivity index (χ4v) is 4.03. The average Bonchev–Trinajstić information content (AvgIpc) is 2.69. The highest BCUT2D eigenvalue weighted by Crippen LogP contribution is 2.21. The van der Waals surface area contributed by atoms with Crippen LogP contribution in [-0.2, 0) is 16.0 Å². The number of piperidine rings is 1. The molecule has 1 heterocycles. The lowest BCUT2D eigenvalue weighted by Crippen LogP contribution is -2.46. The van der Waals surface area contributed by atoms with Gasteiger partial charge in [0, 0.05) is 37.5 Å². The summed E-state index contributed by atoms with van der Waals surface area (Å²) in [6, 6.07) is 10.7. The highest BCUT2D eigenvalue weighted by molar-refractivity contribution is 5.80. The molecule has 26 heavy (non-hydrogen) atoms. The van der Waals surface area contributed by atoms with Crippen molar-refractivity contribution < 1.29 is 9.59 Å². The Hall–Kier alpha value is -1.88. The lowest BCUT2D eigenvalue weighted by atomic mass is 9.90. The lowest BCUT2D eigenvalue weighted by Gasteiger charge is -2.33. The van der Waals surface area contributed by atoms with E-state index in [1.807, 2.05) is 23.1 Å². The van der Waals surface area contributed by atoms with Gasteiger partial charge in [-0.2, -0.15) is 0 Å². The van der Waals surface area contributed by atoms with Crippen molar-refractivity contribution in [1.29, 1.82) is 0 Å². The number of carbonyl (C=O) groups is 2. The molecular formula is C21H31N3O2. The molecule has 142 valence electrons. The summed E-state index contributed by atoms with van der Waals surface area (Å²) in [6.07, 6.45) is 6.85. The minimum Gasteiger partial charge on any atom is -0.353 e. The quantitative estimate of drug-likeness (QED) is 0.849. The van der Waals surface area contributed by atoms with Gasteiger partial charge in [-0.3, -0.25) is 9.59 Å². The zero-order chi connectivity index (χ0) is 18.4. The van der Waals surface area contributed by atoms with Crippen molar-refractivity contribution in [3.05, 3.63) is 35.9 Å². The molecule has 0 bridgehead atoms. The number of hydrogen-bond donors (Lipinski definition) is 2. The van der Waals surface area contributed by atoms with Gasteiger partial charge in [0.15, 0.2) is 0 Å². The van der Waals surface area contributed by atoms with Crippen LogP contribution in [-0.4, -0.2) is 41.9 Å². The Morgan fingerprint density at radius 3 is 2.31 bits per heavy atom. The van der Waals surface area contributed by atoms with Crippen LogP contribution in [0.25, 0.3) is 0 Å². The molecule has 5 nitrogen and oxygen atoms in total.